The van der Waals surface area contributed by atoms with Crippen LogP contribution in [0.5, 0.6) is 0 Å². The zero-order valence-corrected chi connectivity index (χ0v) is 16.5. The van der Waals surface area contributed by atoms with Crippen molar-refractivity contribution in [3.05, 3.63) is 66.7 Å². The SMILES string of the molecule is N#Cc1c2n(c(=O)n(Cc3nnc(-c4ccc(Br)cc4)o3)c1=O)CCCCC2. The minimum Gasteiger partial charge on any atom is -0.419 e. The molecule has 1 aliphatic heterocycles. The van der Waals surface area contributed by atoms with E-state index in [0.29, 0.717) is 24.6 Å². The van der Waals surface area contributed by atoms with Crippen LogP contribution in [0, 0.1) is 11.3 Å². The van der Waals surface area contributed by atoms with Crippen molar-refractivity contribution >= 4 is 15.9 Å². The molecule has 0 bridgehead atoms. The van der Waals surface area contributed by atoms with Gasteiger partial charge < -0.3 is 4.42 Å². The van der Waals surface area contributed by atoms with Gasteiger partial charge in [0.05, 0.1) is 0 Å². The first-order valence-electron chi connectivity index (χ1n) is 8.93. The van der Waals surface area contributed by atoms with Gasteiger partial charge in [-0.25, -0.2) is 9.36 Å². The molecule has 0 radical (unpaired) electrons. The average Bonchev–Trinajstić information content (AvgIpc) is 3.02. The molecule has 0 atom stereocenters. The lowest BCUT2D eigenvalue weighted by molar-refractivity contribution is 0.464. The number of aromatic nitrogens is 4. The monoisotopic (exact) mass is 441 g/mol. The van der Waals surface area contributed by atoms with Crippen LogP contribution in [0.4, 0.5) is 0 Å². The van der Waals surface area contributed by atoms with Crippen LogP contribution in [0.15, 0.2) is 42.7 Å². The Balaban J connectivity index is 1.74. The van der Waals surface area contributed by atoms with Gasteiger partial charge in [0, 0.05) is 22.3 Å². The molecule has 0 saturated heterocycles. The third kappa shape index (κ3) is 3.31. The number of benzene rings is 1. The van der Waals surface area contributed by atoms with Gasteiger partial charge in [0.25, 0.3) is 5.56 Å². The van der Waals surface area contributed by atoms with Crippen molar-refractivity contribution < 1.29 is 4.42 Å². The van der Waals surface area contributed by atoms with E-state index in [9.17, 15) is 14.9 Å². The molecule has 4 rings (SSSR count). The van der Waals surface area contributed by atoms with E-state index < -0.39 is 11.2 Å². The van der Waals surface area contributed by atoms with Gasteiger partial charge in [-0.05, 0) is 43.5 Å². The minimum absolute atomic E-state index is 0.0224. The van der Waals surface area contributed by atoms with Crippen LogP contribution >= 0.6 is 15.9 Å². The number of hydrogen-bond donors (Lipinski definition) is 0. The molecule has 3 aromatic rings. The van der Waals surface area contributed by atoms with Crippen molar-refractivity contribution in [2.75, 3.05) is 0 Å². The van der Waals surface area contributed by atoms with E-state index in [2.05, 4.69) is 26.1 Å². The summed E-state index contributed by atoms with van der Waals surface area (Å²) in [5.74, 6) is 0.432. The lowest BCUT2D eigenvalue weighted by atomic mass is 10.1. The predicted molar refractivity (Wildman–Crippen MR) is 104 cm³/mol. The number of nitriles is 1. The van der Waals surface area contributed by atoms with Crippen LogP contribution in [-0.4, -0.2) is 19.3 Å². The van der Waals surface area contributed by atoms with E-state index >= 15 is 0 Å². The first-order chi connectivity index (χ1) is 13.6. The Bertz CT molecular complexity index is 1180. The standard InChI is InChI=1S/C19H16BrN5O3/c20-13-7-5-12(6-8-13)17-23-22-16(28-17)11-25-18(26)14(10-21)15-4-2-1-3-9-24(15)19(25)27/h5-8H,1-4,9,11H2. The summed E-state index contributed by atoms with van der Waals surface area (Å²) in [6, 6.07) is 9.31. The second kappa shape index (κ2) is 7.56. The fourth-order valence-electron chi connectivity index (χ4n) is 3.38. The number of hydrogen-bond acceptors (Lipinski definition) is 6. The fourth-order valence-corrected chi connectivity index (χ4v) is 3.65. The highest BCUT2D eigenvalue weighted by molar-refractivity contribution is 9.10. The van der Waals surface area contributed by atoms with Crippen molar-refractivity contribution in [1.82, 2.24) is 19.3 Å². The van der Waals surface area contributed by atoms with Gasteiger partial charge in [-0.3, -0.25) is 9.36 Å². The zero-order valence-electron chi connectivity index (χ0n) is 14.9. The summed E-state index contributed by atoms with van der Waals surface area (Å²) in [6.45, 7) is 0.327. The summed E-state index contributed by atoms with van der Waals surface area (Å²) >= 11 is 3.36. The summed E-state index contributed by atoms with van der Waals surface area (Å²) in [4.78, 5) is 25.7. The molecule has 0 saturated carbocycles. The third-order valence-corrected chi connectivity index (χ3v) is 5.32. The quantitative estimate of drug-likeness (QED) is 0.617. The molecule has 1 aliphatic rings. The number of nitrogens with zero attached hydrogens (tertiary/aromatic N) is 5. The maximum absolute atomic E-state index is 12.9. The van der Waals surface area contributed by atoms with Gasteiger partial charge in [0.15, 0.2) is 0 Å². The minimum atomic E-state index is -0.607. The zero-order chi connectivity index (χ0) is 19.7. The Morgan fingerprint density at radius 1 is 1.14 bits per heavy atom. The summed E-state index contributed by atoms with van der Waals surface area (Å²) in [7, 11) is 0. The highest BCUT2D eigenvalue weighted by Crippen LogP contribution is 2.20. The van der Waals surface area contributed by atoms with Crippen LogP contribution < -0.4 is 11.2 Å². The second-order valence-corrected chi connectivity index (χ2v) is 7.49. The van der Waals surface area contributed by atoms with Crippen LogP contribution in [0.1, 0.15) is 36.4 Å². The highest BCUT2D eigenvalue weighted by Gasteiger charge is 2.21. The molecule has 0 amide bonds. The Hall–Kier alpha value is -2.99. The van der Waals surface area contributed by atoms with Crippen molar-refractivity contribution in [1.29, 1.82) is 5.26 Å². The molecule has 3 heterocycles. The van der Waals surface area contributed by atoms with Crippen LogP contribution in [0.3, 0.4) is 0 Å². The molecule has 0 aliphatic carbocycles. The molecule has 0 spiro atoms. The van der Waals surface area contributed by atoms with E-state index in [1.807, 2.05) is 30.3 Å². The van der Waals surface area contributed by atoms with Crippen molar-refractivity contribution in [3.8, 4) is 17.5 Å². The lowest BCUT2D eigenvalue weighted by Crippen LogP contribution is -2.43. The smallest absolute Gasteiger partial charge is 0.331 e. The molecule has 0 fully saturated rings. The van der Waals surface area contributed by atoms with E-state index in [-0.39, 0.29) is 18.0 Å². The molecule has 1 aromatic carbocycles. The normalized spacial score (nSPS) is 13.6. The van der Waals surface area contributed by atoms with Crippen molar-refractivity contribution in [3.63, 3.8) is 0 Å². The van der Waals surface area contributed by atoms with E-state index in [4.69, 9.17) is 4.42 Å². The first kappa shape index (κ1) is 18.4. The van der Waals surface area contributed by atoms with E-state index in [1.165, 1.54) is 0 Å². The summed E-state index contributed by atoms with van der Waals surface area (Å²) in [6.07, 6.45) is 3.21. The Labute approximate surface area is 168 Å². The summed E-state index contributed by atoms with van der Waals surface area (Å²) in [5.41, 5.74) is 0.237. The maximum Gasteiger partial charge on any atom is 0.331 e. The Morgan fingerprint density at radius 2 is 1.93 bits per heavy atom. The fraction of sp³-hybridized carbons (Fsp3) is 0.316. The first-order valence-corrected chi connectivity index (χ1v) is 9.72. The topological polar surface area (TPSA) is 107 Å². The Morgan fingerprint density at radius 3 is 2.68 bits per heavy atom. The highest BCUT2D eigenvalue weighted by atomic mass is 79.9. The van der Waals surface area contributed by atoms with E-state index in [0.717, 1.165) is 33.9 Å². The molecular weight excluding hydrogens is 426 g/mol. The third-order valence-electron chi connectivity index (χ3n) is 4.79. The summed E-state index contributed by atoms with van der Waals surface area (Å²) in [5, 5.41) is 17.4. The number of fused-ring (bicyclic) bond motifs is 1. The van der Waals surface area contributed by atoms with Gasteiger partial charge >= 0.3 is 5.69 Å². The van der Waals surface area contributed by atoms with Crippen molar-refractivity contribution in [2.24, 2.45) is 0 Å². The van der Waals surface area contributed by atoms with E-state index in [1.54, 1.807) is 4.57 Å². The van der Waals surface area contributed by atoms with Gasteiger partial charge in [0.1, 0.15) is 18.2 Å². The lowest BCUT2D eigenvalue weighted by Gasteiger charge is -2.13. The van der Waals surface area contributed by atoms with Gasteiger partial charge in [-0.2, -0.15) is 5.26 Å². The van der Waals surface area contributed by atoms with Gasteiger partial charge in [-0.1, -0.05) is 22.4 Å². The molecule has 28 heavy (non-hydrogen) atoms. The average molecular weight is 442 g/mol. The molecule has 9 heteroatoms. The number of halogens is 1. The van der Waals surface area contributed by atoms with Gasteiger partial charge in [-0.15, -0.1) is 10.2 Å². The molecule has 0 N–H and O–H groups in total. The van der Waals surface area contributed by atoms with Crippen LogP contribution in [0.25, 0.3) is 11.5 Å². The van der Waals surface area contributed by atoms with Crippen LogP contribution in [0.2, 0.25) is 0 Å². The van der Waals surface area contributed by atoms with Crippen molar-refractivity contribution in [2.45, 2.75) is 38.8 Å². The molecule has 0 unspecified atom stereocenters. The maximum atomic E-state index is 12.9. The summed E-state index contributed by atoms with van der Waals surface area (Å²) < 4.78 is 9.11. The molecule has 8 nitrogen and oxygen atoms in total. The molecule has 2 aromatic heterocycles. The predicted octanol–water partition coefficient (Wildman–Crippen LogP) is 2.47. The van der Waals surface area contributed by atoms with Gasteiger partial charge in [0.2, 0.25) is 11.8 Å². The Kier molecular flexibility index (Phi) is 4.96. The molecule has 142 valence electrons. The largest absolute Gasteiger partial charge is 0.419 e. The van der Waals surface area contributed by atoms with Crippen LogP contribution in [-0.2, 0) is 19.5 Å². The number of rotatable bonds is 3. The molecular formula is C19H16BrN5O3. The second-order valence-electron chi connectivity index (χ2n) is 6.58.